The van der Waals surface area contributed by atoms with Crippen molar-refractivity contribution in [3.63, 3.8) is 0 Å². The molecule has 0 spiro atoms. The summed E-state index contributed by atoms with van der Waals surface area (Å²) in [5.74, 6) is 2.84. The van der Waals surface area contributed by atoms with Gasteiger partial charge in [-0.2, -0.15) is 12.6 Å². The van der Waals surface area contributed by atoms with Gasteiger partial charge >= 0.3 is 0 Å². The molecule has 0 saturated heterocycles. The summed E-state index contributed by atoms with van der Waals surface area (Å²) in [6, 6.07) is 3.85. The van der Waals surface area contributed by atoms with E-state index in [1.54, 1.807) is 18.0 Å². The number of hydrogen-bond donors (Lipinski definition) is 1. The fraction of sp³-hybridized carbons (Fsp3) is 0.545. The summed E-state index contributed by atoms with van der Waals surface area (Å²) in [6.07, 6.45) is 4.11. The summed E-state index contributed by atoms with van der Waals surface area (Å²) < 4.78 is 0. The van der Waals surface area contributed by atoms with Crippen LogP contribution in [-0.4, -0.2) is 16.5 Å². The van der Waals surface area contributed by atoms with Crippen LogP contribution in [-0.2, 0) is 0 Å². The Balaban J connectivity index is 2.22. The van der Waals surface area contributed by atoms with E-state index in [9.17, 15) is 0 Å². The van der Waals surface area contributed by atoms with Crippen LogP contribution in [0.25, 0.3) is 0 Å². The Bertz CT molecular complexity index is 276. The van der Waals surface area contributed by atoms with Gasteiger partial charge in [0.1, 0.15) is 0 Å². The number of nitrogens with zero attached hydrogens (tertiary/aromatic N) is 1. The molecule has 0 aliphatic heterocycles. The van der Waals surface area contributed by atoms with Crippen molar-refractivity contribution < 1.29 is 0 Å². The van der Waals surface area contributed by atoms with Crippen LogP contribution in [0.3, 0.4) is 0 Å². The van der Waals surface area contributed by atoms with E-state index in [1.165, 1.54) is 12.8 Å². The third-order valence-corrected chi connectivity index (χ3v) is 3.64. The number of pyridine rings is 1. The van der Waals surface area contributed by atoms with Gasteiger partial charge in [0.15, 0.2) is 0 Å². The first kappa shape index (κ1) is 13.2. The second-order valence-corrected chi connectivity index (χ2v) is 5.57. The van der Waals surface area contributed by atoms with Crippen LogP contribution < -0.4 is 0 Å². The monoisotopic (exact) mass is 261 g/mol. The van der Waals surface area contributed by atoms with Gasteiger partial charge in [0.05, 0.1) is 10.0 Å². The van der Waals surface area contributed by atoms with Crippen LogP contribution in [0.4, 0.5) is 0 Å². The van der Waals surface area contributed by atoms with E-state index >= 15 is 0 Å². The van der Waals surface area contributed by atoms with Crippen LogP contribution in [0.15, 0.2) is 23.4 Å². The fourth-order valence-electron chi connectivity index (χ4n) is 1.18. The molecule has 0 N–H and O–H groups in total. The third kappa shape index (κ3) is 5.69. The van der Waals surface area contributed by atoms with E-state index in [2.05, 4.69) is 24.5 Å². The number of rotatable bonds is 6. The van der Waals surface area contributed by atoms with E-state index in [4.69, 9.17) is 11.6 Å². The Hall–Kier alpha value is 0.140. The molecule has 1 rings (SSSR count). The van der Waals surface area contributed by atoms with E-state index in [1.807, 2.05) is 12.1 Å². The Labute approximate surface area is 106 Å². The molecule has 4 heteroatoms. The minimum atomic E-state index is 0.697. The molecule has 0 saturated carbocycles. The molecule has 1 heterocycles. The summed E-state index contributed by atoms with van der Waals surface area (Å²) in [5.41, 5.74) is 0. The van der Waals surface area contributed by atoms with Crippen molar-refractivity contribution in [1.29, 1.82) is 0 Å². The lowest BCUT2D eigenvalue weighted by atomic mass is 10.1. The van der Waals surface area contributed by atoms with Crippen molar-refractivity contribution >= 4 is 36.0 Å². The highest BCUT2D eigenvalue weighted by Gasteiger charge is 2.02. The first-order valence-electron chi connectivity index (χ1n) is 5.07. The van der Waals surface area contributed by atoms with Crippen LogP contribution in [0.5, 0.6) is 0 Å². The zero-order valence-corrected chi connectivity index (χ0v) is 11.3. The molecule has 0 aromatic carbocycles. The quantitative estimate of drug-likeness (QED) is 0.610. The summed E-state index contributed by atoms with van der Waals surface area (Å²) in [5, 5.41) is 1.75. The minimum absolute atomic E-state index is 0.697. The first-order valence-corrected chi connectivity index (χ1v) is 7.07. The van der Waals surface area contributed by atoms with Gasteiger partial charge in [-0.1, -0.05) is 18.5 Å². The Morgan fingerprint density at radius 2 is 2.27 bits per heavy atom. The van der Waals surface area contributed by atoms with Crippen molar-refractivity contribution in [1.82, 2.24) is 4.98 Å². The molecule has 0 amide bonds. The number of aromatic nitrogens is 1. The standard InChI is InChI=1S/C11H16ClNS2/c1-9(4-6-14)5-7-15-11-3-2-10(12)8-13-11/h2-3,8-9,14H,4-7H2,1H3. The van der Waals surface area contributed by atoms with E-state index in [-0.39, 0.29) is 0 Å². The molecule has 0 fully saturated rings. The lowest BCUT2D eigenvalue weighted by Gasteiger charge is -2.08. The van der Waals surface area contributed by atoms with Crippen LogP contribution >= 0.6 is 36.0 Å². The van der Waals surface area contributed by atoms with Crippen molar-refractivity contribution in [3.8, 4) is 0 Å². The third-order valence-electron chi connectivity index (χ3n) is 2.18. The highest BCUT2D eigenvalue weighted by atomic mass is 35.5. The van der Waals surface area contributed by atoms with Crippen LogP contribution in [0, 0.1) is 5.92 Å². The summed E-state index contributed by atoms with van der Waals surface area (Å²) in [7, 11) is 0. The smallest absolute Gasteiger partial charge is 0.0960 e. The topological polar surface area (TPSA) is 12.9 Å². The average Bonchev–Trinajstić information content (AvgIpc) is 2.21. The SMILES string of the molecule is CC(CCS)CCSc1ccc(Cl)cn1. The number of thiol groups is 1. The van der Waals surface area contributed by atoms with Crippen molar-refractivity contribution in [2.24, 2.45) is 5.92 Å². The average molecular weight is 262 g/mol. The molecule has 15 heavy (non-hydrogen) atoms. The number of hydrogen-bond acceptors (Lipinski definition) is 3. The second-order valence-electron chi connectivity index (χ2n) is 3.57. The molecule has 0 radical (unpaired) electrons. The lowest BCUT2D eigenvalue weighted by Crippen LogP contribution is -1.97. The predicted octanol–water partition coefficient (Wildman–Crippen LogP) is 4.17. The lowest BCUT2D eigenvalue weighted by molar-refractivity contribution is 0.554. The van der Waals surface area contributed by atoms with Gasteiger partial charge in [0, 0.05) is 6.20 Å². The van der Waals surface area contributed by atoms with Gasteiger partial charge in [0.25, 0.3) is 0 Å². The highest BCUT2D eigenvalue weighted by Crippen LogP contribution is 2.20. The van der Waals surface area contributed by atoms with Gasteiger partial charge in [-0.05, 0) is 42.4 Å². The van der Waals surface area contributed by atoms with Crippen molar-refractivity contribution in [2.45, 2.75) is 24.8 Å². The van der Waals surface area contributed by atoms with Gasteiger partial charge in [-0.15, -0.1) is 11.8 Å². The zero-order chi connectivity index (χ0) is 11.1. The van der Waals surface area contributed by atoms with Gasteiger partial charge in [0.2, 0.25) is 0 Å². The second kappa shape index (κ2) is 7.42. The predicted molar refractivity (Wildman–Crippen MR) is 72.2 cm³/mol. The van der Waals surface area contributed by atoms with Crippen LogP contribution in [0.1, 0.15) is 19.8 Å². The molecule has 1 aromatic rings. The number of halogens is 1. The van der Waals surface area contributed by atoms with E-state index in [0.717, 1.165) is 22.4 Å². The first-order chi connectivity index (χ1) is 7.22. The number of thioether (sulfide) groups is 1. The zero-order valence-electron chi connectivity index (χ0n) is 8.82. The fourth-order valence-corrected chi connectivity index (χ4v) is 2.75. The van der Waals surface area contributed by atoms with Crippen molar-refractivity contribution in [3.05, 3.63) is 23.4 Å². The maximum atomic E-state index is 5.76. The van der Waals surface area contributed by atoms with Gasteiger partial charge in [-0.3, -0.25) is 0 Å². The Morgan fingerprint density at radius 3 is 2.87 bits per heavy atom. The van der Waals surface area contributed by atoms with Crippen LogP contribution in [0.2, 0.25) is 5.02 Å². The highest BCUT2D eigenvalue weighted by molar-refractivity contribution is 7.99. The molecule has 1 atom stereocenters. The molecule has 0 aliphatic carbocycles. The molecule has 0 aliphatic rings. The summed E-state index contributed by atoms with van der Waals surface area (Å²) in [6.45, 7) is 2.27. The van der Waals surface area contributed by atoms with Crippen molar-refractivity contribution in [2.75, 3.05) is 11.5 Å². The normalized spacial score (nSPS) is 12.7. The molecule has 1 aromatic heterocycles. The molecular weight excluding hydrogens is 246 g/mol. The van der Waals surface area contributed by atoms with Gasteiger partial charge in [-0.25, -0.2) is 4.98 Å². The molecule has 0 bridgehead atoms. The summed E-state index contributed by atoms with van der Waals surface area (Å²) >= 11 is 11.8. The Morgan fingerprint density at radius 1 is 1.47 bits per heavy atom. The molecular formula is C11H16ClNS2. The molecule has 84 valence electrons. The van der Waals surface area contributed by atoms with Gasteiger partial charge < -0.3 is 0 Å². The maximum Gasteiger partial charge on any atom is 0.0960 e. The molecule has 1 nitrogen and oxygen atoms in total. The summed E-state index contributed by atoms with van der Waals surface area (Å²) in [4.78, 5) is 4.24. The largest absolute Gasteiger partial charge is 0.248 e. The maximum absolute atomic E-state index is 5.76. The molecule has 1 unspecified atom stereocenters. The van der Waals surface area contributed by atoms with E-state index < -0.39 is 0 Å². The minimum Gasteiger partial charge on any atom is -0.248 e. The Kier molecular flexibility index (Phi) is 6.53. The van der Waals surface area contributed by atoms with E-state index in [0.29, 0.717) is 5.02 Å².